The van der Waals surface area contributed by atoms with E-state index in [0.717, 1.165) is 32.1 Å². The Morgan fingerprint density at radius 2 is 0.794 bits per heavy atom. The molecule has 0 radical (unpaired) electrons. The van der Waals surface area contributed by atoms with Crippen LogP contribution in [-0.4, -0.2) is 79.3 Å². The third-order valence-electron chi connectivity index (χ3n) is 6.20. The van der Waals surface area contributed by atoms with Gasteiger partial charge >= 0.3 is 75.2 Å². The van der Waals surface area contributed by atoms with Gasteiger partial charge in [-0.1, -0.05) is 142 Å². The van der Waals surface area contributed by atoms with Gasteiger partial charge in [0, 0.05) is 6.42 Å². The van der Waals surface area contributed by atoms with Gasteiger partial charge in [-0.15, -0.1) is 0 Å². The molecule has 0 aromatic carbocycles. The van der Waals surface area contributed by atoms with Crippen LogP contribution in [0.15, 0.2) is 0 Å². The summed E-state index contributed by atoms with van der Waals surface area (Å²) >= 11 is 0. The van der Waals surface area contributed by atoms with E-state index in [0.29, 0.717) is 6.42 Å². The Bertz CT molecular complexity index is 513. The molecule has 0 saturated heterocycles. The topological polar surface area (TPSA) is 60.4 Å². The van der Waals surface area contributed by atoms with Crippen LogP contribution in [-0.2, 0) is 19.1 Å². The number of rotatable bonds is 25. The summed E-state index contributed by atoms with van der Waals surface area (Å²) in [4.78, 5) is 11.8. The molecule has 7 heteroatoms. The summed E-state index contributed by atoms with van der Waals surface area (Å²) < 4.78 is 28.7. The van der Waals surface area contributed by atoms with Crippen molar-refractivity contribution in [3.63, 3.8) is 0 Å². The molecule has 0 rings (SSSR count). The molecular formula is C27H56Na2O4S. The van der Waals surface area contributed by atoms with Gasteiger partial charge < -0.3 is 4.18 Å². The Morgan fingerprint density at radius 3 is 1.15 bits per heavy atom. The second-order valence-corrected chi connectivity index (χ2v) is 11.2. The van der Waals surface area contributed by atoms with Crippen LogP contribution in [0.5, 0.6) is 0 Å². The summed E-state index contributed by atoms with van der Waals surface area (Å²) in [6.07, 6.45) is 26.4. The normalized spacial score (nSPS) is 11.0. The molecule has 0 heterocycles. The summed E-state index contributed by atoms with van der Waals surface area (Å²) in [5.74, 6) is -0.613. The monoisotopic (exact) mass is 522 g/mol. The van der Waals surface area contributed by atoms with Crippen molar-refractivity contribution in [1.29, 1.82) is 0 Å². The maximum absolute atomic E-state index is 12.0. The van der Waals surface area contributed by atoms with E-state index in [4.69, 9.17) is 4.18 Å². The summed E-state index contributed by atoms with van der Waals surface area (Å²) in [5, 5.41) is 0. The number of hydrogen-bond donors (Lipinski definition) is 0. The fourth-order valence-electron chi connectivity index (χ4n) is 4.10. The molecule has 0 amide bonds. The molecule has 0 bridgehead atoms. The van der Waals surface area contributed by atoms with Gasteiger partial charge in [-0.25, -0.2) is 0 Å². The SMILES string of the molecule is CCCCCCCCCCCCCC(=O)OS(=O)(=O)CCCCCCCCCCCCC.[NaH].[NaH]. The number of hydrogen-bond acceptors (Lipinski definition) is 4. The molecule has 0 spiro atoms. The van der Waals surface area contributed by atoms with Gasteiger partial charge in [-0.3, -0.25) is 4.79 Å². The van der Waals surface area contributed by atoms with Crippen LogP contribution in [0, 0.1) is 0 Å². The summed E-state index contributed by atoms with van der Waals surface area (Å²) in [5.41, 5.74) is 0. The molecule has 0 atom stereocenters. The van der Waals surface area contributed by atoms with Crippen LogP contribution in [0.3, 0.4) is 0 Å². The zero-order valence-corrected chi connectivity index (χ0v) is 22.3. The first-order chi connectivity index (χ1) is 15.5. The Hall–Kier alpha value is 1.42. The average Bonchev–Trinajstić information content (AvgIpc) is 2.75. The molecule has 0 saturated carbocycles. The quantitative estimate of drug-likeness (QED) is 0.0704. The zero-order chi connectivity index (χ0) is 23.8. The van der Waals surface area contributed by atoms with Crippen LogP contribution in [0.1, 0.15) is 162 Å². The van der Waals surface area contributed by atoms with E-state index in [1.807, 2.05) is 0 Å². The number of unbranched alkanes of at least 4 members (excludes halogenated alkanes) is 20. The Labute approximate surface area is 257 Å². The first-order valence-electron chi connectivity index (χ1n) is 14.0. The Balaban J connectivity index is -0.00000480. The van der Waals surface area contributed by atoms with Crippen molar-refractivity contribution in [1.82, 2.24) is 0 Å². The van der Waals surface area contributed by atoms with E-state index in [9.17, 15) is 13.2 Å². The molecule has 0 unspecified atom stereocenters. The summed E-state index contributed by atoms with van der Waals surface area (Å²) in [6.45, 7) is 4.48. The fraction of sp³-hybridized carbons (Fsp3) is 0.963. The molecule has 196 valence electrons. The van der Waals surface area contributed by atoms with Crippen molar-refractivity contribution in [3.8, 4) is 0 Å². The van der Waals surface area contributed by atoms with Crippen molar-refractivity contribution in [3.05, 3.63) is 0 Å². The summed E-state index contributed by atoms with van der Waals surface area (Å²) in [7, 11) is -3.71. The molecule has 0 aliphatic carbocycles. The third kappa shape index (κ3) is 31.4. The minimum atomic E-state index is -3.71. The minimum absolute atomic E-state index is 0. The van der Waals surface area contributed by atoms with Gasteiger partial charge in [0.1, 0.15) is 0 Å². The molecular weight excluding hydrogens is 466 g/mol. The van der Waals surface area contributed by atoms with Gasteiger partial charge in [0.05, 0.1) is 5.75 Å². The van der Waals surface area contributed by atoms with Crippen LogP contribution in [0.25, 0.3) is 0 Å². The van der Waals surface area contributed by atoms with E-state index >= 15 is 0 Å². The molecule has 0 N–H and O–H groups in total. The summed E-state index contributed by atoms with van der Waals surface area (Å²) in [6, 6.07) is 0. The van der Waals surface area contributed by atoms with Crippen molar-refractivity contribution < 1.29 is 17.4 Å². The number of carbonyl (C=O) groups excluding carboxylic acids is 1. The van der Waals surface area contributed by atoms with Crippen molar-refractivity contribution in [2.75, 3.05) is 5.75 Å². The first-order valence-corrected chi connectivity index (χ1v) is 15.5. The standard InChI is InChI=1S/C27H54O4S.2Na.2H/c1-3-5-7-9-11-13-15-17-19-21-23-25-27(28)31-32(29,30)26-24-22-20-18-16-14-12-10-8-6-4-2;;;;/h3-26H2,1-2H3;;;;. The van der Waals surface area contributed by atoms with Crippen LogP contribution >= 0.6 is 0 Å². The second kappa shape index (κ2) is 30.6. The van der Waals surface area contributed by atoms with E-state index in [1.165, 1.54) is 103 Å². The van der Waals surface area contributed by atoms with Gasteiger partial charge in [0.25, 0.3) is 0 Å². The molecule has 34 heavy (non-hydrogen) atoms. The van der Waals surface area contributed by atoms with Crippen molar-refractivity contribution in [2.45, 2.75) is 162 Å². The predicted octanol–water partition coefficient (Wildman–Crippen LogP) is 7.57. The van der Waals surface area contributed by atoms with Crippen molar-refractivity contribution >= 4 is 75.2 Å². The molecule has 0 aromatic rings. The third-order valence-corrected chi connectivity index (χ3v) is 7.43. The first kappa shape index (κ1) is 39.9. The van der Waals surface area contributed by atoms with Gasteiger partial charge in [-0.05, 0) is 12.8 Å². The van der Waals surface area contributed by atoms with Gasteiger partial charge in [-0.2, -0.15) is 8.42 Å². The van der Waals surface area contributed by atoms with E-state index in [2.05, 4.69) is 13.8 Å². The average molecular weight is 523 g/mol. The molecule has 4 nitrogen and oxygen atoms in total. The zero-order valence-electron chi connectivity index (χ0n) is 21.5. The van der Waals surface area contributed by atoms with Crippen LogP contribution in [0.4, 0.5) is 0 Å². The van der Waals surface area contributed by atoms with E-state index in [1.54, 1.807) is 0 Å². The maximum atomic E-state index is 12.0. The molecule has 0 aromatic heterocycles. The van der Waals surface area contributed by atoms with Gasteiger partial charge in [0.2, 0.25) is 0 Å². The second-order valence-electron chi connectivity index (χ2n) is 9.54. The van der Waals surface area contributed by atoms with Gasteiger partial charge in [0.15, 0.2) is 0 Å². The Morgan fingerprint density at radius 1 is 0.500 bits per heavy atom. The van der Waals surface area contributed by atoms with Crippen LogP contribution in [0.2, 0.25) is 0 Å². The molecule has 0 fully saturated rings. The number of carbonyl (C=O) groups is 1. The predicted molar refractivity (Wildman–Crippen MR) is 152 cm³/mol. The van der Waals surface area contributed by atoms with E-state index in [-0.39, 0.29) is 71.3 Å². The van der Waals surface area contributed by atoms with Crippen molar-refractivity contribution in [2.24, 2.45) is 0 Å². The molecule has 0 aliphatic rings. The fourth-order valence-corrected chi connectivity index (χ4v) is 5.11. The van der Waals surface area contributed by atoms with E-state index < -0.39 is 16.1 Å². The van der Waals surface area contributed by atoms with Crippen LogP contribution < -0.4 is 0 Å². The molecule has 0 aliphatic heterocycles. The Kier molecular flexibility index (Phi) is 36.0.